The number of hydrogen-bond acceptors (Lipinski definition) is 3. The summed E-state index contributed by atoms with van der Waals surface area (Å²) in [5, 5.41) is 2.91. The van der Waals surface area contributed by atoms with Crippen molar-refractivity contribution >= 4 is 17.6 Å². The minimum Gasteiger partial charge on any atom is -0.465 e. The Bertz CT molecular complexity index is 852. The fourth-order valence-electron chi connectivity index (χ4n) is 2.84. The van der Waals surface area contributed by atoms with Crippen LogP contribution in [0.25, 0.3) is 0 Å². The molecule has 0 aliphatic carbocycles. The Labute approximate surface area is 152 Å². The highest BCUT2D eigenvalue weighted by Gasteiger charge is 2.22. The number of carbonyl (C=O) groups excluding carboxylic acids is 2. The van der Waals surface area contributed by atoms with Crippen molar-refractivity contribution in [3.63, 3.8) is 0 Å². The first kappa shape index (κ1) is 17.4. The molecule has 1 N–H and O–H groups in total. The number of carbonyl (C=O) groups is 2. The number of amides is 1. The van der Waals surface area contributed by atoms with Crippen LogP contribution in [-0.4, -0.2) is 19.0 Å². The molecule has 4 heteroatoms. The van der Waals surface area contributed by atoms with Crippen molar-refractivity contribution in [2.75, 3.05) is 12.4 Å². The van der Waals surface area contributed by atoms with E-state index in [2.05, 4.69) is 5.32 Å². The van der Waals surface area contributed by atoms with Crippen LogP contribution in [0.4, 0.5) is 5.69 Å². The van der Waals surface area contributed by atoms with Crippen LogP contribution in [0.3, 0.4) is 0 Å². The molecule has 0 unspecified atom stereocenters. The quantitative estimate of drug-likeness (QED) is 0.704. The monoisotopic (exact) mass is 345 g/mol. The standard InChI is InChI=1S/C22H19NO3/c1-26-22(25)18-13-8-14-19(15-18)23-21(24)20(16-9-4-2-5-10-16)17-11-6-3-7-12-17/h2-15,20H,1H3,(H,23,24). The smallest absolute Gasteiger partial charge is 0.337 e. The van der Waals surface area contributed by atoms with Gasteiger partial charge in [-0.15, -0.1) is 0 Å². The van der Waals surface area contributed by atoms with Crippen molar-refractivity contribution in [2.24, 2.45) is 0 Å². The maximum Gasteiger partial charge on any atom is 0.337 e. The van der Waals surface area contributed by atoms with Crippen molar-refractivity contribution in [3.8, 4) is 0 Å². The second kappa shape index (κ2) is 8.12. The molecule has 130 valence electrons. The number of rotatable bonds is 5. The van der Waals surface area contributed by atoms with Gasteiger partial charge in [0.05, 0.1) is 18.6 Å². The van der Waals surface area contributed by atoms with E-state index in [0.29, 0.717) is 11.3 Å². The molecule has 0 saturated heterocycles. The molecule has 0 bridgehead atoms. The molecule has 0 saturated carbocycles. The van der Waals surface area contributed by atoms with E-state index >= 15 is 0 Å². The summed E-state index contributed by atoms with van der Waals surface area (Å²) in [5.74, 6) is -1.05. The van der Waals surface area contributed by atoms with Crippen LogP contribution in [0.5, 0.6) is 0 Å². The molecule has 3 aromatic rings. The number of nitrogens with one attached hydrogen (secondary N) is 1. The van der Waals surface area contributed by atoms with Gasteiger partial charge in [0.1, 0.15) is 0 Å². The fourth-order valence-corrected chi connectivity index (χ4v) is 2.84. The lowest BCUT2D eigenvalue weighted by Gasteiger charge is -2.18. The number of anilines is 1. The lowest BCUT2D eigenvalue weighted by atomic mass is 9.90. The minimum absolute atomic E-state index is 0.163. The molecule has 0 fully saturated rings. The van der Waals surface area contributed by atoms with Gasteiger partial charge >= 0.3 is 5.97 Å². The highest BCUT2D eigenvalue weighted by Crippen LogP contribution is 2.26. The summed E-state index contributed by atoms with van der Waals surface area (Å²) in [6, 6.07) is 25.9. The molecule has 1 amide bonds. The normalized spacial score (nSPS) is 10.4. The summed E-state index contributed by atoms with van der Waals surface area (Å²) in [6.07, 6.45) is 0. The van der Waals surface area contributed by atoms with E-state index < -0.39 is 11.9 Å². The van der Waals surface area contributed by atoms with Gasteiger partial charge in [0.2, 0.25) is 5.91 Å². The summed E-state index contributed by atoms with van der Waals surface area (Å²) in [5.41, 5.74) is 2.75. The van der Waals surface area contributed by atoms with Gasteiger partial charge in [-0.05, 0) is 29.3 Å². The molecular formula is C22H19NO3. The predicted octanol–water partition coefficient (Wildman–Crippen LogP) is 4.24. The van der Waals surface area contributed by atoms with Crippen LogP contribution in [0.15, 0.2) is 84.9 Å². The van der Waals surface area contributed by atoms with E-state index in [1.54, 1.807) is 24.3 Å². The largest absolute Gasteiger partial charge is 0.465 e. The number of esters is 1. The van der Waals surface area contributed by atoms with Crippen molar-refractivity contribution in [2.45, 2.75) is 5.92 Å². The molecule has 0 aliphatic heterocycles. The number of ether oxygens (including phenoxy) is 1. The third-order valence-corrected chi connectivity index (χ3v) is 4.08. The molecule has 0 radical (unpaired) electrons. The molecule has 0 aliphatic rings. The Balaban J connectivity index is 1.91. The lowest BCUT2D eigenvalue weighted by Crippen LogP contribution is -2.22. The molecule has 26 heavy (non-hydrogen) atoms. The Morgan fingerprint density at radius 1 is 0.808 bits per heavy atom. The van der Waals surface area contributed by atoms with E-state index in [9.17, 15) is 9.59 Å². The van der Waals surface area contributed by atoms with Crippen LogP contribution < -0.4 is 5.32 Å². The predicted molar refractivity (Wildman–Crippen MR) is 101 cm³/mol. The third kappa shape index (κ3) is 3.98. The molecule has 4 nitrogen and oxygen atoms in total. The van der Waals surface area contributed by atoms with E-state index in [1.165, 1.54) is 7.11 Å². The number of methoxy groups -OCH3 is 1. The third-order valence-electron chi connectivity index (χ3n) is 4.08. The van der Waals surface area contributed by atoms with Crippen LogP contribution >= 0.6 is 0 Å². The van der Waals surface area contributed by atoms with Crippen molar-refractivity contribution in [3.05, 3.63) is 102 Å². The average molecular weight is 345 g/mol. The van der Waals surface area contributed by atoms with Gasteiger partial charge in [0.15, 0.2) is 0 Å². The first-order chi connectivity index (χ1) is 12.7. The molecule has 0 heterocycles. The maximum atomic E-state index is 13.0. The van der Waals surface area contributed by atoms with Gasteiger partial charge in [-0.1, -0.05) is 66.7 Å². The van der Waals surface area contributed by atoms with E-state index in [-0.39, 0.29) is 5.91 Å². The summed E-state index contributed by atoms with van der Waals surface area (Å²) in [7, 11) is 1.33. The first-order valence-corrected chi connectivity index (χ1v) is 8.28. The zero-order chi connectivity index (χ0) is 18.4. The van der Waals surface area contributed by atoms with Crippen molar-refractivity contribution < 1.29 is 14.3 Å². The zero-order valence-electron chi connectivity index (χ0n) is 14.4. The summed E-state index contributed by atoms with van der Waals surface area (Å²) in [4.78, 5) is 24.7. The molecular weight excluding hydrogens is 326 g/mol. The Kier molecular flexibility index (Phi) is 5.44. The van der Waals surface area contributed by atoms with Crippen LogP contribution in [0.2, 0.25) is 0 Å². The molecule has 3 aromatic carbocycles. The maximum absolute atomic E-state index is 13.0. The highest BCUT2D eigenvalue weighted by atomic mass is 16.5. The SMILES string of the molecule is COC(=O)c1cccc(NC(=O)C(c2ccccc2)c2ccccc2)c1. The number of benzene rings is 3. The molecule has 0 atom stereocenters. The lowest BCUT2D eigenvalue weighted by molar-refractivity contribution is -0.116. The van der Waals surface area contributed by atoms with Crippen LogP contribution in [0, 0.1) is 0 Å². The van der Waals surface area contributed by atoms with E-state index in [1.807, 2.05) is 60.7 Å². The summed E-state index contributed by atoms with van der Waals surface area (Å²) in [6.45, 7) is 0. The number of hydrogen-bond donors (Lipinski definition) is 1. The zero-order valence-corrected chi connectivity index (χ0v) is 14.4. The second-order valence-electron chi connectivity index (χ2n) is 5.82. The Morgan fingerprint density at radius 2 is 1.38 bits per heavy atom. The van der Waals surface area contributed by atoms with Crippen molar-refractivity contribution in [1.82, 2.24) is 0 Å². The Morgan fingerprint density at radius 3 is 1.92 bits per heavy atom. The van der Waals surface area contributed by atoms with Gasteiger partial charge in [0.25, 0.3) is 0 Å². The average Bonchev–Trinajstić information content (AvgIpc) is 2.69. The van der Waals surface area contributed by atoms with Gasteiger partial charge in [-0.25, -0.2) is 4.79 Å². The van der Waals surface area contributed by atoms with Gasteiger partial charge in [0, 0.05) is 5.69 Å². The van der Waals surface area contributed by atoms with Crippen LogP contribution in [-0.2, 0) is 9.53 Å². The topological polar surface area (TPSA) is 55.4 Å². The first-order valence-electron chi connectivity index (χ1n) is 8.28. The van der Waals surface area contributed by atoms with E-state index in [4.69, 9.17) is 4.74 Å². The Hall–Kier alpha value is -3.40. The summed E-state index contributed by atoms with van der Waals surface area (Å²) >= 11 is 0. The van der Waals surface area contributed by atoms with Gasteiger partial charge in [-0.3, -0.25) is 4.79 Å². The molecule has 0 spiro atoms. The van der Waals surface area contributed by atoms with E-state index in [0.717, 1.165) is 11.1 Å². The molecule has 3 rings (SSSR count). The van der Waals surface area contributed by atoms with Gasteiger partial charge < -0.3 is 10.1 Å². The molecule has 0 aromatic heterocycles. The highest BCUT2D eigenvalue weighted by molar-refractivity contribution is 5.99. The van der Waals surface area contributed by atoms with Gasteiger partial charge in [-0.2, -0.15) is 0 Å². The van der Waals surface area contributed by atoms with Crippen LogP contribution in [0.1, 0.15) is 27.4 Å². The minimum atomic E-state index is -0.445. The summed E-state index contributed by atoms with van der Waals surface area (Å²) < 4.78 is 4.73. The van der Waals surface area contributed by atoms with Crippen molar-refractivity contribution in [1.29, 1.82) is 0 Å². The fraction of sp³-hybridized carbons (Fsp3) is 0.0909. The second-order valence-corrected chi connectivity index (χ2v) is 5.82.